The normalized spacial score (nSPS) is 12.3. The molecular formula is C34H33FO11. The van der Waals surface area contributed by atoms with Crippen molar-refractivity contribution in [1.29, 1.82) is 0 Å². The SMILES string of the molecule is C=CC(=O)OCCOCCOCCOC(=O)Oc1ccc(C(=O)Oc2ccc3c(c2)C(C)(C)c2cc(OC(C)=O)ccc2-3)cc1F. The average Bonchev–Trinajstić information content (AvgIpc) is 3.23. The topological polar surface area (TPSA) is 133 Å². The molecule has 0 radical (unpaired) electrons. The van der Waals surface area contributed by atoms with E-state index in [1.807, 2.05) is 32.0 Å². The van der Waals surface area contributed by atoms with Gasteiger partial charge >= 0.3 is 24.1 Å². The Morgan fingerprint density at radius 2 is 1.30 bits per heavy atom. The highest BCUT2D eigenvalue weighted by molar-refractivity contribution is 5.92. The van der Waals surface area contributed by atoms with Gasteiger partial charge in [-0.05, 0) is 64.7 Å². The lowest BCUT2D eigenvalue weighted by atomic mass is 9.82. The molecule has 1 aliphatic rings. The van der Waals surface area contributed by atoms with Gasteiger partial charge in [0.15, 0.2) is 11.6 Å². The highest BCUT2D eigenvalue weighted by Crippen LogP contribution is 2.50. The summed E-state index contributed by atoms with van der Waals surface area (Å²) in [5.74, 6) is -2.45. The fourth-order valence-electron chi connectivity index (χ4n) is 4.75. The van der Waals surface area contributed by atoms with Gasteiger partial charge in [-0.25, -0.2) is 18.8 Å². The lowest BCUT2D eigenvalue weighted by Crippen LogP contribution is -2.17. The number of hydrogen-bond donors (Lipinski definition) is 0. The standard InChI is InChI=1S/C34H33FO11/c1-5-31(37)42-16-14-40-12-13-41-15-17-43-33(39)46-30-11-6-22(18-29(30)35)32(38)45-24-8-10-26-25-9-7-23(44-21(2)36)19-27(25)34(3,4)28(26)20-24/h5-11,18-20H,1,12-17H2,2-4H3. The molecule has 46 heavy (non-hydrogen) atoms. The zero-order valence-electron chi connectivity index (χ0n) is 25.6. The van der Waals surface area contributed by atoms with Crippen LogP contribution in [0.15, 0.2) is 67.3 Å². The number of halogens is 1. The van der Waals surface area contributed by atoms with Crippen molar-refractivity contribution >= 4 is 24.1 Å². The van der Waals surface area contributed by atoms with Crippen molar-refractivity contribution in [3.63, 3.8) is 0 Å². The van der Waals surface area contributed by atoms with E-state index in [0.717, 1.165) is 40.5 Å². The lowest BCUT2D eigenvalue weighted by molar-refractivity contribution is -0.139. The molecule has 0 aromatic heterocycles. The van der Waals surface area contributed by atoms with Crippen molar-refractivity contribution in [2.45, 2.75) is 26.2 Å². The van der Waals surface area contributed by atoms with Crippen LogP contribution in [0.1, 0.15) is 42.3 Å². The number of hydrogen-bond acceptors (Lipinski definition) is 11. The predicted molar refractivity (Wildman–Crippen MR) is 161 cm³/mol. The van der Waals surface area contributed by atoms with E-state index in [4.69, 9.17) is 33.2 Å². The monoisotopic (exact) mass is 636 g/mol. The Balaban J connectivity index is 1.24. The number of fused-ring (bicyclic) bond motifs is 3. The van der Waals surface area contributed by atoms with Gasteiger partial charge in [0.1, 0.15) is 24.7 Å². The maximum Gasteiger partial charge on any atom is 0.514 e. The number of rotatable bonds is 14. The van der Waals surface area contributed by atoms with Crippen LogP contribution in [-0.4, -0.2) is 63.7 Å². The summed E-state index contributed by atoms with van der Waals surface area (Å²) in [7, 11) is 0. The van der Waals surface area contributed by atoms with E-state index in [1.165, 1.54) is 13.0 Å². The summed E-state index contributed by atoms with van der Waals surface area (Å²) < 4.78 is 50.4. The Bertz CT molecular complexity index is 1630. The van der Waals surface area contributed by atoms with Crippen LogP contribution in [0.4, 0.5) is 9.18 Å². The molecule has 0 aliphatic heterocycles. The molecule has 3 aromatic rings. The molecule has 0 saturated heterocycles. The van der Waals surface area contributed by atoms with Crippen LogP contribution in [0, 0.1) is 5.82 Å². The molecule has 0 N–H and O–H groups in total. The molecule has 0 spiro atoms. The van der Waals surface area contributed by atoms with E-state index in [9.17, 15) is 23.6 Å². The third-order valence-electron chi connectivity index (χ3n) is 6.91. The molecule has 0 fully saturated rings. The molecule has 0 bridgehead atoms. The molecule has 0 amide bonds. The van der Waals surface area contributed by atoms with Crippen molar-refractivity contribution in [3.8, 4) is 28.4 Å². The van der Waals surface area contributed by atoms with E-state index in [-0.39, 0.29) is 51.0 Å². The first-order chi connectivity index (χ1) is 22.0. The molecule has 0 atom stereocenters. The van der Waals surface area contributed by atoms with Gasteiger partial charge in [-0.15, -0.1) is 0 Å². The van der Waals surface area contributed by atoms with Crippen LogP contribution in [0.2, 0.25) is 0 Å². The van der Waals surface area contributed by atoms with Gasteiger partial charge in [-0.2, -0.15) is 0 Å². The van der Waals surface area contributed by atoms with Gasteiger partial charge in [-0.3, -0.25) is 4.79 Å². The first-order valence-corrected chi connectivity index (χ1v) is 14.3. The summed E-state index contributed by atoms with van der Waals surface area (Å²) in [6.45, 7) is 9.24. The van der Waals surface area contributed by atoms with Crippen molar-refractivity contribution < 1.29 is 56.7 Å². The smallest absolute Gasteiger partial charge is 0.460 e. The molecule has 3 aromatic carbocycles. The van der Waals surface area contributed by atoms with Gasteiger partial charge < -0.3 is 33.2 Å². The second-order valence-corrected chi connectivity index (χ2v) is 10.5. The number of carbonyl (C=O) groups excluding carboxylic acids is 4. The molecular weight excluding hydrogens is 603 g/mol. The summed E-state index contributed by atoms with van der Waals surface area (Å²) in [5, 5.41) is 0. The van der Waals surface area contributed by atoms with Crippen molar-refractivity contribution in [2.75, 3.05) is 39.6 Å². The number of esters is 3. The van der Waals surface area contributed by atoms with E-state index in [2.05, 4.69) is 6.58 Å². The largest absolute Gasteiger partial charge is 0.514 e. The van der Waals surface area contributed by atoms with Crippen LogP contribution in [0.25, 0.3) is 11.1 Å². The summed E-state index contributed by atoms with van der Waals surface area (Å²) in [6.07, 6.45) is -0.0998. The fourth-order valence-corrected chi connectivity index (χ4v) is 4.75. The molecule has 0 heterocycles. The van der Waals surface area contributed by atoms with Gasteiger partial charge in [0, 0.05) is 18.4 Å². The van der Waals surface area contributed by atoms with Gasteiger partial charge in [0.05, 0.1) is 32.0 Å². The number of benzene rings is 3. The first kappa shape index (κ1) is 33.8. The number of ether oxygens (including phenoxy) is 7. The second-order valence-electron chi connectivity index (χ2n) is 10.5. The third kappa shape index (κ3) is 8.55. The van der Waals surface area contributed by atoms with Gasteiger partial charge in [0.25, 0.3) is 0 Å². The average molecular weight is 637 g/mol. The molecule has 242 valence electrons. The van der Waals surface area contributed by atoms with Crippen LogP contribution in [0.5, 0.6) is 17.2 Å². The summed E-state index contributed by atoms with van der Waals surface area (Å²) in [4.78, 5) is 47.1. The molecule has 12 heteroatoms. The van der Waals surface area contributed by atoms with Crippen molar-refractivity contribution in [2.24, 2.45) is 0 Å². The highest BCUT2D eigenvalue weighted by Gasteiger charge is 2.36. The highest BCUT2D eigenvalue weighted by atomic mass is 19.1. The molecule has 11 nitrogen and oxygen atoms in total. The minimum absolute atomic E-state index is 0.0401. The van der Waals surface area contributed by atoms with Crippen LogP contribution in [-0.2, 0) is 34.0 Å². The minimum Gasteiger partial charge on any atom is -0.460 e. The van der Waals surface area contributed by atoms with Crippen LogP contribution in [0.3, 0.4) is 0 Å². The molecule has 0 saturated carbocycles. The Hall–Kier alpha value is -5.07. The molecule has 1 aliphatic carbocycles. The van der Waals surface area contributed by atoms with Crippen molar-refractivity contribution in [1.82, 2.24) is 0 Å². The molecule has 0 unspecified atom stereocenters. The Kier molecular flexibility index (Phi) is 11.2. The maximum absolute atomic E-state index is 14.7. The summed E-state index contributed by atoms with van der Waals surface area (Å²) in [5.41, 5.74) is 3.22. The van der Waals surface area contributed by atoms with Crippen LogP contribution < -0.4 is 14.2 Å². The first-order valence-electron chi connectivity index (χ1n) is 14.3. The fraction of sp³-hybridized carbons (Fsp3) is 0.294. The van der Waals surface area contributed by atoms with E-state index >= 15 is 0 Å². The zero-order chi connectivity index (χ0) is 33.3. The van der Waals surface area contributed by atoms with Gasteiger partial charge in [0.2, 0.25) is 0 Å². The molecule has 4 rings (SSSR count). The third-order valence-corrected chi connectivity index (χ3v) is 6.91. The Labute approximate surface area is 264 Å². The Morgan fingerprint density at radius 3 is 1.87 bits per heavy atom. The maximum atomic E-state index is 14.7. The number of carbonyl (C=O) groups is 4. The lowest BCUT2D eigenvalue weighted by Gasteiger charge is -2.22. The van der Waals surface area contributed by atoms with Gasteiger partial charge in [-0.1, -0.05) is 32.6 Å². The Morgan fingerprint density at radius 1 is 0.739 bits per heavy atom. The van der Waals surface area contributed by atoms with E-state index in [0.29, 0.717) is 5.75 Å². The zero-order valence-corrected chi connectivity index (χ0v) is 25.6. The second kappa shape index (κ2) is 15.3. The minimum atomic E-state index is -1.15. The van der Waals surface area contributed by atoms with E-state index < -0.39 is 41.0 Å². The quantitative estimate of drug-likeness (QED) is 0.0725. The van der Waals surface area contributed by atoms with Crippen molar-refractivity contribution in [3.05, 3.63) is 89.8 Å². The summed E-state index contributed by atoms with van der Waals surface area (Å²) >= 11 is 0. The van der Waals surface area contributed by atoms with Crippen LogP contribution >= 0.6 is 0 Å². The predicted octanol–water partition coefficient (Wildman–Crippen LogP) is 5.55. The van der Waals surface area contributed by atoms with E-state index in [1.54, 1.807) is 18.2 Å². The summed E-state index contributed by atoms with van der Waals surface area (Å²) in [6, 6.07) is 14.0.